The van der Waals surface area contributed by atoms with Gasteiger partial charge in [-0.1, -0.05) is 12.1 Å². The minimum absolute atomic E-state index is 0.101. The van der Waals surface area contributed by atoms with Crippen molar-refractivity contribution in [1.82, 2.24) is 29.6 Å². The van der Waals surface area contributed by atoms with Crippen molar-refractivity contribution in [1.29, 1.82) is 0 Å². The molecule has 0 spiro atoms. The lowest BCUT2D eigenvalue weighted by Crippen LogP contribution is -2.25. The first-order valence-electron chi connectivity index (χ1n) is 10.4. The van der Waals surface area contributed by atoms with E-state index in [1.807, 2.05) is 51.1 Å². The maximum Gasteiger partial charge on any atom is 0.226 e. The van der Waals surface area contributed by atoms with Crippen LogP contribution in [0.5, 0.6) is 11.5 Å². The summed E-state index contributed by atoms with van der Waals surface area (Å²) in [5.41, 5.74) is 3.27. The fourth-order valence-corrected chi connectivity index (χ4v) is 4.24. The molecule has 32 heavy (non-hydrogen) atoms. The summed E-state index contributed by atoms with van der Waals surface area (Å²) in [6.07, 6.45) is 0.282. The maximum absolute atomic E-state index is 12.8. The topological polar surface area (TPSA) is 108 Å². The molecule has 4 heterocycles. The monoisotopic (exact) mass is 433 g/mol. The van der Waals surface area contributed by atoms with Gasteiger partial charge in [0.15, 0.2) is 28.8 Å². The van der Waals surface area contributed by atoms with Crippen molar-refractivity contribution in [3.8, 4) is 17.3 Å². The molecule has 1 N–H and O–H groups in total. The second-order valence-corrected chi connectivity index (χ2v) is 7.58. The minimum Gasteiger partial charge on any atom is -0.493 e. The van der Waals surface area contributed by atoms with E-state index >= 15 is 0 Å². The van der Waals surface area contributed by atoms with Gasteiger partial charge in [0, 0.05) is 23.5 Å². The van der Waals surface area contributed by atoms with E-state index in [9.17, 15) is 4.79 Å². The van der Waals surface area contributed by atoms with Crippen LogP contribution in [-0.4, -0.2) is 49.2 Å². The number of anilines is 1. The third-order valence-electron chi connectivity index (χ3n) is 5.62. The Balaban J connectivity index is 1.68. The summed E-state index contributed by atoms with van der Waals surface area (Å²) in [5, 5.41) is 20.5. The molecule has 0 saturated heterocycles. The quantitative estimate of drug-likeness (QED) is 0.515. The molecule has 0 aliphatic carbocycles. The van der Waals surface area contributed by atoms with Crippen molar-refractivity contribution in [3.05, 3.63) is 53.0 Å². The van der Waals surface area contributed by atoms with Gasteiger partial charge in [0.1, 0.15) is 5.82 Å². The van der Waals surface area contributed by atoms with Gasteiger partial charge >= 0.3 is 0 Å². The van der Waals surface area contributed by atoms with E-state index in [0.29, 0.717) is 41.2 Å². The summed E-state index contributed by atoms with van der Waals surface area (Å²) >= 11 is 0. The second-order valence-electron chi connectivity index (χ2n) is 7.58. The SMILES string of the molecule is CCOc1c(OC)cccc1[C@@H]1CC(=O)Nc2c1c(C)nn2-c1ccc2nnc(C)n2n1. The molecule has 3 aromatic heterocycles. The average molecular weight is 433 g/mol. The number of fused-ring (bicyclic) bond motifs is 2. The highest BCUT2D eigenvalue weighted by Crippen LogP contribution is 2.45. The van der Waals surface area contributed by atoms with Gasteiger partial charge in [0.25, 0.3) is 0 Å². The predicted octanol–water partition coefficient (Wildman–Crippen LogP) is 2.81. The number of carbonyl (C=O) groups excluding carboxylic acids is 1. The number of nitrogens with one attached hydrogen (secondary N) is 1. The molecule has 0 saturated carbocycles. The zero-order chi connectivity index (χ0) is 22.4. The van der Waals surface area contributed by atoms with Crippen LogP contribution in [0.15, 0.2) is 30.3 Å². The van der Waals surface area contributed by atoms with E-state index in [0.717, 1.165) is 16.8 Å². The lowest BCUT2D eigenvalue weighted by atomic mass is 9.85. The first-order valence-corrected chi connectivity index (χ1v) is 10.4. The smallest absolute Gasteiger partial charge is 0.226 e. The molecule has 0 radical (unpaired) electrons. The molecule has 0 bridgehead atoms. The highest BCUT2D eigenvalue weighted by Gasteiger charge is 2.35. The van der Waals surface area contributed by atoms with Crippen molar-refractivity contribution in [2.45, 2.75) is 33.1 Å². The van der Waals surface area contributed by atoms with Gasteiger partial charge in [-0.25, -0.2) is 0 Å². The Morgan fingerprint density at radius 1 is 1.16 bits per heavy atom. The van der Waals surface area contributed by atoms with Crippen LogP contribution >= 0.6 is 0 Å². The minimum atomic E-state index is -0.232. The van der Waals surface area contributed by atoms with Gasteiger partial charge in [0.2, 0.25) is 5.91 Å². The molecule has 1 amide bonds. The first kappa shape index (κ1) is 20.0. The van der Waals surface area contributed by atoms with E-state index in [2.05, 4.69) is 20.6 Å². The Kier molecular flexibility index (Phi) is 4.76. The number of methoxy groups -OCH3 is 1. The largest absolute Gasteiger partial charge is 0.493 e. The molecule has 1 aliphatic rings. The fourth-order valence-electron chi connectivity index (χ4n) is 4.24. The Labute approximate surface area is 184 Å². The Morgan fingerprint density at radius 2 is 2.00 bits per heavy atom. The van der Waals surface area contributed by atoms with Gasteiger partial charge < -0.3 is 14.8 Å². The molecule has 10 nitrogen and oxygen atoms in total. The number of ether oxygens (including phenoxy) is 2. The van der Waals surface area contributed by atoms with Crippen molar-refractivity contribution in [3.63, 3.8) is 0 Å². The summed E-state index contributed by atoms with van der Waals surface area (Å²) in [7, 11) is 1.61. The molecule has 164 valence electrons. The predicted molar refractivity (Wildman–Crippen MR) is 117 cm³/mol. The number of hydrogen-bond acceptors (Lipinski definition) is 7. The van der Waals surface area contributed by atoms with Crippen LogP contribution < -0.4 is 14.8 Å². The van der Waals surface area contributed by atoms with Crippen LogP contribution in [0.4, 0.5) is 5.82 Å². The zero-order valence-corrected chi connectivity index (χ0v) is 18.3. The highest BCUT2D eigenvalue weighted by molar-refractivity contribution is 5.95. The Hall–Kier alpha value is -3.95. The number of amides is 1. The van der Waals surface area contributed by atoms with E-state index < -0.39 is 0 Å². The van der Waals surface area contributed by atoms with E-state index in [1.54, 1.807) is 16.3 Å². The number of aryl methyl sites for hydroxylation is 2. The number of benzene rings is 1. The third-order valence-corrected chi connectivity index (χ3v) is 5.62. The third kappa shape index (κ3) is 3.06. The lowest BCUT2D eigenvalue weighted by molar-refractivity contribution is -0.116. The standard InChI is InChI=1S/C22H23N7O3/c1-5-32-21-14(7-6-8-16(21)31-4)15-11-19(30)23-22-20(15)12(2)26-29(22)18-10-9-17-25-24-13(3)28(17)27-18/h6-10,15H,5,11H2,1-4H3,(H,23,30)/t15-/m0/s1. The molecule has 1 aromatic carbocycles. The van der Waals surface area contributed by atoms with Crippen molar-refractivity contribution >= 4 is 17.4 Å². The van der Waals surface area contributed by atoms with Crippen LogP contribution in [-0.2, 0) is 4.79 Å². The fraction of sp³-hybridized carbons (Fsp3) is 0.318. The number of hydrogen-bond donors (Lipinski definition) is 1. The van der Waals surface area contributed by atoms with E-state index in [1.165, 1.54) is 0 Å². The van der Waals surface area contributed by atoms with Gasteiger partial charge in [-0.2, -0.15) is 14.3 Å². The van der Waals surface area contributed by atoms with Crippen LogP contribution in [0.2, 0.25) is 0 Å². The summed E-state index contributed by atoms with van der Waals surface area (Å²) < 4.78 is 14.8. The molecule has 5 rings (SSSR count). The second kappa shape index (κ2) is 7.63. The molecule has 10 heteroatoms. The maximum atomic E-state index is 12.8. The highest BCUT2D eigenvalue weighted by atomic mass is 16.5. The Bertz CT molecular complexity index is 1340. The normalized spacial score (nSPS) is 15.5. The van der Waals surface area contributed by atoms with Gasteiger partial charge in [-0.05, 0) is 39.0 Å². The van der Waals surface area contributed by atoms with Crippen LogP contribution in [0.3, 0.4) is 0 Å². The lowest BCUT2D eigenvalue weighted by Gasteiger charge is -2.26. The van der Waals surface area contributed by atoms with Crippen LogP contribution in [0.1, 0.15) is 41.9 Å². The van der Waals surface area contributed by atoms with Gasteiger partial charge in [-0.3, -0.25) is 4.79 Å². The van der Waals surface area contributed by atoms with Crippen LogP contribution in [0.25, 0.3) is 11.5 Å². The zero-order valence-electron chi connectivity index (χ0n) is 18.3. The summed E-state index contributed by atoms with van der Waals surface area (Å²) in [6, 6.07) is 9.37. The molecular formula is C22H23N7O3. The number of rotatable bonds is 5. The number of carbonyl (C=O) groups is 1. The molecular weight excluding hydrogens is 410 g/mol. The van der Waals surface area contributed by atoms with Gasteiger partial charge in [0.05, 0.1) is 19.4 Å². The van der Waals surface area contributed by atoms with E-state index in [4.69, 9.17) is 14.6 Å². The first-order chi connectivity index (χ1) is 15.5. The summed E-state index contributed by atoms with van der Waals surface area (Å²) in [6.45, 7) is 6.17. The number of nitrogens with zero attached hydrogens (tertiary/aromatic N) is 6. The number of aromatic nitrogens is 6. The van der Waals surface area contributed by atoms with E-state index in [-0.39, 0.29) is 18.2 Å². The average Bonchev–Trinajstić information content (AvgIpc) is 3.33. The molecule has 1 atom stereocenters. The van der Waals surface area contributed by atoms with Crippen molar-refractivity contribution in [2.24, 2.45) is 0 Å². The molecule has 4 aromatic rings. The molecule has 0 unspecified atom stereocenters. The molecule has 1 aliphatic heterocycles. The van der Waals surface area contributed by atoms with Crippen molar-refractivity contribution in [2.75, 3.05) is 19.0 Å². The number of para-hydroxylation sites is 1. The molecule has 0 fully saturated rings. The Morgan fingerprint density at radius 3 is 2.78 bits per heavy atom. The van der Waals surface area contributed by atoms with Gasteiger partial charge in [-0.15, -0.1) is 15.3 Å². The van der Waals surface area contributed by atoms with Crippen molar-refractivity contribution < 1.29 is 14.3 Å². The summed E-state index contributed by atoms with van der Waals surface area (Å²) in [4.78, 5) is 12.8. The summed E-state index contributed by atoms with van der Waals surface area (Å²) in [5.74, 6) is 2.78. The van der Waals surface area contributed by atoms with Crippen LogP contribution in [0, 0.1) is 13.8 Å².